The third kappa shape index (κ3) is 2.21. The Labute approximate surface area is 114 Å². The number of halogens is 2. The summed E-state index contributed by atoms with van der Waals surface area (Å²) in [6.07, 6.45) is 6.60. The van der Waals surface area contributed by atoms with E-state index in [0.717, 1.165) is 24.9 Å². The zero-order valence-electron chi connectivity index (χ0n) is 10.00. The minimum absolute atomic E-state index is 0.216. The molecule has 2 nitrogen and oxygen atoms in total. The van der Waals surface area contributed by atoms with Gasteiger partial charge < -0.3 is 4.57 Å². The van der Waals surface area contributed by atoms with Crippen molar-refractivity contribution in [2.45, 2.75) is 32.2 Å². The van der Waals surface area contributed by atoms with Crippen LogP contribution in [0.2, 0.25) is 0 Å². The lowest BCUT2D eigenvalue weighted by Gasteiger charge is -2.14. The van der Waals surface area contributed by atoms with Crippen molar-refractivity contribution in [3.63, 3.8) is 0 Å². The number of hydrogen-bond acceptors (Lipinski definition) is 1. The second kappa shape index (κ2) is 4.84. The first-order valence-electron chi connectivity index (χ1n) is 6.21. The van der Waals surface area contributed by atoms with Crippen LogP contribution in [0.3, 0.4) is 0 Å². The Balaban J connectivity index is 1.88. The molecule has 94 valence electrons. The summed E-state index contributed by atoms with van der Waals surface area (Å²) in [5, 5.41) is 0. The molecule has 0 saturated carbocycles. The van der Waals surface area contributed by atoms with Gasteiger partial charge in [-0.3, -0.25) is 0 Å². The van der Waals surface area contributed by atoms with Crippen LogP contribution in [0.4, 0.5) is 4.39 Å². The Hall–Kier alpha value is -1.16. The minimum Gasteiger partial charge on any atom is -0.330 e. The molecule has 1 heterocycles. The molecule has 2 aromatic rings. The van der Waals surface area contributed by atoms with Gasteiger partial charge in [-0.05, 0) is 59.3 Å². The molecule has 1 aromatic heterocycles. The highest BCUT2D eigenvalue weighted by molar-refractivity contribution is 9.10. The van der Waals surface area contributed by atoms with Gasteiger partial charge in [0, 0.05) is 12.2 Å². The number of fused-ring (bicyclic) bond motifs is 1. The normalized spacial score (nSPS) is 14.6. The van der Waals surface area contributed by atoms with Gasteiger partial charge in [0.05, 0.1) is 16.5 Å². The Kier molecular flexibility index (Phi) is 3.20. The van der Waals surface area contributed by atoms with Gasteiger partial charge in [0.25, 0.3) is 0 Å². The molecular weight excluding hydrogens is 295 g/mol. The van der Waals surface area contributed by atoms with Gasteiger partial charge in [-0.1, -0.05) is 6.07 Å². The zero-order valence-corrected chi connectivity index (χ0v) is 11.6. The first kappa shape index (κ1) is 11.9. The molecule has 0 bridgehead atoms. The lowest BCUT2D eigenvalue weighted by Crippen LogP contribution is -2.09. The van der Waals surface area contributed by atoms with E-state index in [1.807, 2.05) is 18.5 Å². The number of rotatable bonds is 2. The van der Waals surface area contributed by atoms with Crippen molar-refractivity contribution >= 4 is 15.9 Å². The molecule has 0 unspecified atom stereocenters. The first-order valence-corrected chi connectivity index (χ1v) is 7.00. The van der Waals surface area contributed by atoms with Crippen molar-refractivity contribution in [3.05, 3.63) is 51.8 Å². The molecule has 0 aliphatic heterocycles. The van der Waals surface area contributed by atoms with E-state index < -0.39 is 0 Å². The maximum atomic E-state index is 13.2. The first-order chi connectivity index (χ1) is 8.74. The van der Waals surface area contributed by atoms with Gasteiger partial charge in [0.15, 0.2) is 0 Å². The van der Waals surface area contributed by atoms with Crippen molar-refractivity contribution in [2.24, 2.45) is 0 Å². The number of hydrogen-bond donors (Lipinski definition) is 0. The summed E-state index contributed by atoms with van der Waals surface area (Å²) in [5.41, 5.74) is 3.68. The largest absolute Gasteiger partial charge is 0.330 e. The Morgan fingerprint density at radius 2 is 2.11 bits per heavy atom. The molecule has 0 N–H and O–H groups in total. The number of nitrogens with zero attached hydrogens (tertiary/aromatic N) is 2. The van der Waals surface area contributed by atoms with Gasteiger partial charge >= 0.3 is 0 Å². The number of benzene rings is 1. The van der Waals surface area contributed by atoms with E-state index in [0.29, 0.717) is 4.47 Å². The molecule has 0 fully saturated rings. The van der Waals surface area contributed by atoms with E-state index in [2.05, 4.69) is 25.5 Å². The second-order valence-electron chi connectivity index (χ2n) is 4.72. The van der Waals surface area contributed by atoms with Crippen LogP contribution in [-0.2, 0) is 19.4 Å². The third-order valence-electron chi connectivity index (χ3n) is 3.45. The summed E-state index contributed by atoms with van der Waals surface area (Å²) >= 11 is 3.23. The average Bonchev–Trinajstić information content (AvgIpc) is 2.78. The molecular formula is C14H14BrFN2. The summed E-state index contributed by atoms with van der Waals surface area (Å²) < 4.78 is 15.9. The fourth-order valence-corrected chi connectivity index (χ4v) is 2.93. The molecule has 0 radical (unpaired) electrons. The number of aromatic nitrogens is 2. The molecule has 18 heavy (non-hydrogen) atoms. The van der Waals surface area contributed by atoms with Crippen molar-refractivity contribution in [1.82, 2.24) is 9.55 Å². The van der Waals surface area contributed by atoms with Crippen molar-refractivity contribution < 1.29 is 4.39 Å². The summed E-state index contributed by atoms with van der Waals surface area (Å²) in [7, 11) is 0. The van der Waals surface area contributed by atoms with E-state index in [9.17, 15) is 4.39 Å². The highest BCUT2D eigenvalue weighted by atomic mass is 79.9. The summed E-state index contributed by atoms with van der Waals surface area (Å²) in [5.74, 6) is -0.216. The van der Waals surface area contributed by atoms with E-state index in [4.69, 9.17) is 0 Å². The fourth-order valence-electron chi connectivity index (χ4n) is 2.50. The predicted molar refractivity (Wildman–Crippen MR) is 72.1 cm³/mol. The van der Waals surface area contributed by atoms with Crippen LogP contribution in [0.5, 0.6) is 0 Å². The lowest BCUT2D eigenvalue weighted by molar-refractivity contribution is 0.615. The van der Waals surface area contributed by atoms with Crippen LogP contribution in [-0.4, -0.2) is 9.55 Å². The van der Waals surface area contributed by atoms with Gasteiger partial charge in [-0.2, -0.15) is 0 Å². The highest BCUT2D eigenvalue weighted by Crippen LogP contribution is 2.22. The third-order valence-corrected chi connectivity index (χ3v) is 4.05. The topological polar surface area (TPSA) is 17.8 Å². The molecule has 1 aromatic carbocycles. The molecule has 0 saturated heterocycles. The predicted octanol–water partition coefficient (Wildman–Crippen LogP) is 3.71. The van der Waals surface area contributed by atoms with Crippen molar-refractivity contribution in [2.75, 3.05) is 0 Å². The summed E-state index contributed by atoms with van der Waals surface area (Å²) in [4.78, 5) is 4.47. The molecule has 0 spiro atoms. The van der Waals surface area contributed by atoms with Crippen LogP contribution in [0.25, 0.3) is 0 Å². The van der Waals surface area contributed by atoms with E-state index in [1.54, 1.807) is 0 Å². The maximum Gasteiger partial charge on any atom is 0.137 e. The average molecular weight is 309 g/mol. The fraction of sp³-hybridized carbons (Fsp3) is 0.357. The molecule has 0 atom stereocenters. The van der Waals surface area contributed by atoms with Gasteiger partial charge in [0.1, 0.15) is 5.82 Å². The Morgan fingerprint density at radius 1 is 1.28 bits per heavy atom. The quantitative estimate of drug-likeness (QED) is 0.827. The van der Waals surface area contributed by atoms with Crippen LogP contribution in [0, 0.1) is 5.82 Å². The highest BCUT2D eigenvalue weighted by Gasteiger charge is 2.15. The molecule has 4 heteroatoms. The number of imidazole rings is 1. The smallest absolute Gasteiger partial charge is 0.137 e. The van der Waals surface area contributed by atoms with Gasteiger partial charge in [-0.15, -0.1) is 0 Å². The minimum atomic E-state index is -0.216. The standard InChI is InChI=1S/C14H14BrFN2/c15-11-7-10(5-6-12(11)16)8-18-9-17-13-3-1-2-4-14(13)18/h5-7,9H,1-4,8H2. The van der Waals surface area contributed by atoms with Crippen LogP contribution < -0.4 is 0 Å². The van der Waals surface area contributed by atoms with E-state index >= 15 is 0 Å². The Bertz CT molecular complexity index is 577. The molecule has 1 aliphatic carbocycles. The van der Waals surface area contributed by atoms with E-state index in [-0.39, 0.29) is 5.82 Å². The van der Waals surface area contributed by atoms with Gasteiger partial charge in [-0.25, -0.2) is 9.37 Å². The monoisotopic (exact) mass is 308 g/mol. The van der Waals surface area contributed by atoms with Crippen molar-refractivity contribution in [1.29, 1.82) is 0 Å². The van der Waals surface area contributed by atoms with Gasteiger partial charge in [0.2, 0.25) is 0 Å². The summed E-state index contributed by atoms with van der Waals surface area (Å²) in [6.45, 7) is 0.765. The van der Waals surface area contributed by atoms with Crippen LogP contribution in [0.1, 0.15) is 29.8 Å². The maximum absolute atomic E-state index is 13.2. The van der Waals surface area contributed by atoms with Crippen LogP contribution in [0.15, 0.2) is 29.0 Å². The lowest BCUT2D eigenvalue weighted by atomic mass is 10.0. The molecule has 0 amide bonds. The van der Waals surface area contributed by atoms with Crippen molar-refractivity contribution in [3.8, 4) is 0 Å². The van der Waals surface area contributed by atoms with E-state index in [1.165, 1.54) is 30.3 Å². The molecule has 1 aliphatic rings. The molecule has 3 rings (SSSR count). The Morgan fingerprint density at radius 3 is 2.94 bits per heavy atom. The summed E-state index contributed by atoms with van der Waals surface area (Å²) in [6, 6.07) is 5.17. The second-order valence-corrected chi connectivity index (χ2v) is 5.58. The SMILES string of the molecule is Fc1ccc(Cn2cnc3c2CCCC3)cc1Br. The number of aryl methyl sites for hydroxylation is 1. The zero-order chi connectivity index (χ0) is 12.5. The van der Waals surface area contributed by atoms with Crippen LogP contribution >= 0.6 is 15.9 Å².